The van der Waals surface area contributed by atoms with Crippen molar-refractivity contribution in [2.24, 2.45) is 16.8 Å². The minimum atomic E-state index is -0.522. The fraction of sp³-hybridized carbons (Fsp3) is 0.913. The van der Waals surface area contributed by atoms with Crippen LogP contribution in [0.5, 0.6) is 0 Å². The molecule has 0 aliphatic rings. The van der Waals surface area contributed by atoms with Gasteiger partial charge in [-0.05, 0) is 12.8 Å². The monoisotopic (exact) mass is 399 g/mol. The molecular weight excluding hydrogens is 350 g/mol. The fourth-order valence-electron chi connectivity index (χ4n) is 3.25. The highest BCUT2D eigenvalue weighted by atomic mass is 16.4. The van der Waals surface area contributed by atoms with E-state index in [0.717, 1.165) is 12.8 Å². The highest BCUT2D eigenvalue weighted by Gasteiger charge is 2.20. The van der Waals surface area contributed by atoms with E-state index in [4.69, 9.17) is 10.9 Å². The number of nitrogens with two attached hydrogens (primary N) is 1. The number of carbonyl (C=O) groups excluding carboxylic acids is 1. The normalized spacial score (nSPS) is 12.2. The highest BCUT2D eigenvalue weighted by molar-refractivity contribution is 6.01. The molecule has 0 spiro atoms. The van der Waals surface area contributed by atoms with Gasteiger partial charge in [0, 0.05) is 6.54 Å². The fourth-order valence-corrected chi connectivity index (χ4v) is 3.25. The first-order valence-electron chi connectivity index (χ1n) is 11.9. The predicted octanol–water partition coefficient (Wildman–Crippen LogP) is 6.38. The second-order valence-electron chi connectivity index (χ2n) is 7.37. The standard InChI is InChI=1S/C21H43N3O2.C2H6/c1-3-5-6-7-8-9-10-11-12-13-14-15-16-17-18-23-21(25)19(4-2)20(22)24-26;1-2/h19,26H,3-18H2,1-2H3,(H2,22,24)(H,23,25);1-2H3. The van der Waals surface area contributed by atoms with Crippen molar-refractivity contribution in [2.75, 3.05) is 6.54 Å². The average Bonchev–Trinajstić information content (AvgIpc) is 2.72. The number of rotatable bonds is 18. The van der Waals surface area contributed by atoms with Crippen molar-refractivity contribution in [3.05, 3.63) is 0 Å². The Hall–Kier alpha value is -1.26. The van der Waals surface area contributed by atoms with E-state index in [-0.39, 0.29) is 11.7 Å². The van der Waals surface area contributed by atoms with Crippen LogP contribution in [0.25, 0.3) is 0 Å². The van der Waals surface area contributed by atoms with Gasteiger partial charge in [-0.1, -0.05) is 116 Å². The Bertz CT molecular complexity index is 360. The van der Waals surface area contributed by atoms with Gasteiger partial charge in [0.1, 0.15) is 0 Å². The number of nitrogens with one attached hydrogen (secondary N) is 1. The van der Waals surface area contributed by atoms with Gasteiger partial charge in [-0.15, -0.1) is 0 Å². The summed E-state index contributed by atoms with van der Waals surface area (Å²) in [7, 11) is 0. The largest absolute Gasteiger partial charge is 0.409 e. The molecule has 4 N–H and O–H groups in total. The van der Waals surface area contributed by atoms with Crippen LogP contribution in [0.1, 0.15) is 124 Å². The van der Waals surface area contributed by atoms with Gasteiger partial charge in [0.2, 0.25) is 5.91 Å². The molecule has 0 aromatic rings. The summed E-state index contributed by atoms with van der Waals surface area (Å²) in [6.45, 7) is 8.80. The molecule has 0 aromatic carbocycles. The molecule has 0 rings (SSSR count). The van der Waals surface area contributed by atoms with E-state index in [2.05, 4.69) is 17.4 Å². The van der Waals surface area contributed by atoms with Crippen LogP contribution in [-0.4, -0.2) is 23.5 Å². The molecular formula is C23H49N3O2. The number of amides is 1. The Morgan fingerprint density at radius 1 is 0.821 bits per heavy atom. The Kier molecular flexibility index (Phi) is 24.6. The molecule has 1 atom stereocenters. The maximum Gasteiger partial charge on any atom is 0.230 e. The zero-order valence-corrected chi connectivity index (χ0v) is 19.3. The lowest BCUT2D eigenvalue weighted by Crippen LogP contribution is -2.38. The lowest BCUT2D eigenvalue weighted by Gasteiger charge is -2.13. The van der Waals surface area contributed by atoms with Gasteiger partial charge in [0.05, 0.1) is 5.92 Å². The second-order valence-corrected chi connectivity index (χ2v) is 7.37. The van der Waals surface area contributed by atoms with Crippen LogP contribution in [-0.2, 0) is 4.79 Å². The van der Waals surface area contributed by atoms with Crippen LogP contribution in [0.4, 0.5) is 0 Å². The lowest BCUT2D eigenvalue weighted by atomic mass is 10.0. The van der Waals surface area contributed by atoms with Crippen LogP contribution in [0.2, 0.25) is 0 Å². The average molecular weight is 400 g/mol. The molecule has 0 aromatic heterocycles. The quantitative estimate of drug-likeness (QED) is 0.0821. The third-order valence-electron chi connectivity index (χ3n) is 5.03. The smallest absolute Gasteiger partial charge is 0.230 e. The zero-order valence-electron chi connectivity index (χ0n) is 19.3. The molecule has 5 nitrogen and oxygen atoms in total. The van der Waals surface area contributed by atoms with Crippen molar-refractivity contribution >= 4 is 11.7 Å². The van der Waals surface area contributed by atoms with Gasteiger partial charge >= 0.3 is 0 Å². The minimum absolute atomic E-state index is 0.00837. The summed E-state index contributed by atoms with van der Waals surface area (Å²) in [5.41, 5.74) is 5.52. The van der Waals surface area contributed by atoms with Crippen molar-refractivity contribution in [1.29, 1.82) is 0 Å². The predicted molar refractivity (Wildman–Crippen MR) is 122 cm³/mol. The molecule has 0 saturated heterocycles. The van der Waals surface area contributed by atoms with E-state index < -0.39 is 5.92 Å². The number of unbranched alkanes of at least 4 members (excludes halogenated alkanes) is 13. The minimum Gasteiger partial charge on any atom is -0.409 e. The Labute approximate surface area is 174 Å². The van der Waals surface area contributed by atoms with Crippen molar-refractivity contribution in [2.45, 2.75) is 124 Å². The van der Waals surface area contributed by atoms with E-state index in [9.17, 15) is 4.79 Å². The van der Waals surface area contributed by atoms with Crippen LogP contribution < -0.4 is 11.1 Å². The highest BCUT2D eigenvalue weighted by Crippen LogP contribution is 2.12. The first kappa shape index (κ1) is 28.9. The molecule has 5 heteroatoms. The number of amidine groups is 1. The van der Waals surface area contributed by atoms with Gasteiger partial charge in [0.15, 0.2) is 5.84 Å². The van der Waals surface area contributed by atoms with Crippen molar-refractivity contribution in [3.63, 3.8) is 0 Å². The maximum atomic E-state index is 11.9. The topological polar surface area (TPSA) is 87.7 Å². The van der Waals surface area contributed by atoms with Gasteiger partial charge < -0.3 is 16.3 Å². The molecule has 0 aliphatic heterocycles. The van der Waals surface area contributed by atoms with E-state index in [1.54, 1.807) is 0 Å². The molecule has 168 valence electrons. The third kappa shape index (κ3) is 18.1. The van der Waals surface area contributed by atoms with Gasteiger partial charge in [0.25, 0.3) is 0 Å². The summed E-state index contributed by atoms with van der Waals surface area (Å²) >= 11 is 0. The van der Waals surface area contributed by atoms with Crippen LogP contribution in [0, 0.1) is 5.92 Å². The molecule has 0 fully saturated rings. The summed E-state index contributed by atoms with van der Waals surface area (Å²) in [5.74, 6) is -0.671. The van der Waals surface area contributed by atoms with Crippen LogP contribution in [0.3, 0.4) is 0 Å². The molecule has 0 saturated carbocycles. The zero-order chi connectivity index (χ0) is 21.5. The molecule has 1 unspecified atom stereocenters. The van der Waals surface area contributed by atoms with Crippen LogP contribution in [0.15, 0.2) is 5.16 Å². The van der Waals surface area contributed by atoms with E-state index in [0.29, 0.717) is 13.0 Å². The summed E-state index contributed by atoms with van der Waals surface area (Å²) in [6, 6.07) is 0. The van der Waals surface area contributed by atoms with Gasteiger partial charge in [-0.2, -0.15) is 0 Å². The first-order chi connectivity index (χ1) is 13.7. The molecule has 0 radical (unpaired) electrons. The summed E-state index contributed by atoms with van der Waals surface area (Å²) in [6.07, 6.45) is 19.1. The van der Waals surface area contributed by atoms with E-state index in [1.165, 1.54) is 77.0 Å². The van der Waals surface area contributed by atoms with E-state index in [1.807, 2.05) is 20.8 Å². The molecule has 0 aliphatic carbocycles. The number of carbonyl (C=O) groups is 1. The number of oxime groups is 1. The van der Waals surface area contributed by atoms with Gasteiger partial charge in [-0.3, -0.25) is 4.79 Å². The molecule has 0 heterocycles. The maximum absolute atomic E-state index is 11.9. The van der Waals surface area contributed by atoms with Crippen molar-refractivity contribution < 1.29 is 10.0 Å². The Balaban J connectivity index is 0. The second kappa shape index (κ2) is 23.8. The van der Waals surface area contributed by atoms with Crippen molar-refractivity contribution in [3.8, 4) is 0 Å². The number of hydrogen-bond donors (Lipinski definition) is 3. The molecule has 1 amide bonds. The van der Waals surface area contributed by atoms with Gasteiger partial charge in [-0.25, -0.2) is 0 Å². The Morgan fingerprint density at radius 2 is 1.21 bits per heavy atom. The number of hydrogen-bond acceptors (Lipinski definition) is 3. The van der Waals surface area contributed by atoms with Crippen LogP contribution >= 0.6 is 0 Å². The SMILES string of the molecule is CC.CCCCCCCCCCCCCCCCNC(=O)C(CC)/C(N)=N/O. The lowest BCUT2D eigenvalue weighted by molar-refractivity contribution is -0.123. The summed E-state index contributed by atoms with van der Waals surface area (Å²) < 4.78 is 0. The van der Waals surface area contributed by atoms with E-state index >= 15 is 0 Å². The van der Waals surface area contributed by atoms with Crippen molar-refractivity contribution in [1.82, 2.24) is 5.32 Å². The summed E-state index contributed by atoms with van der Waals surface area (Å²) in [4.78, 5) is 11.9. The summed E-state index contributed by atoms with van der Waals surface area (Å²) in [5, 5.41) is 14.5. The third-order valence-corrected chi connectivity index (χ3v) is 5.03. The Morgan fingerprint density at radius 3 is 1.57 bits per heavy atom. The first-order valence-corrected chi connectivity index (χ1v) is 11.9. The molecule has 28 heavy (non-hydrogen) atoms. The molecule has 0 bridgehead atoms. The number of nitrogens with zero attached hydrogens (tertiary/aromatic N) is 1.